The molecule has 131 valence electrons. The maximum Gasteiger partial charge on any atom is 2.00 e. The van der Waals surface area contributed by atoms with Gasteiger partial charge in [0.15, 0.2) is 0 Å². The molecular weight excluding hydrogens is 355 g/mol. The maximum atomic E-state index is 2.37. The van der Waals surface area contributed by atoms with Gasteiger partial charge in [0, 0.05) is 0 Å². The van der Waals surface area contributed by atoms with Gasteiger partial charge in [0.25, 0.3) is 0 Å². The summed E-state index contributed by atoms with van der Waals surface area (Å²) in [6, 6.07) is 9.29. The molecular formula is C20H34CoSi2. The minimum absolute atomic E-state index is 0. The molecule has 0 amide bonds. The van der Waals surface area contributed by atoms with E-state index in [1.54, 1.807) is 32.6 Å². The Hall–Kier alpha value is -0.360. The van der Waals surface area contributed by atoms with Crippen LogP contribution in [0.3, 0.4) is 0 Å². The molecule has 2 aromatic carbocycles. The van der Waals surface area contributed by atoms with Gasteiger partial charge in [-0.05, 0) is 19.0 Å². The van der Waals surface area contributed by atoms with Crippen molar-refractivity contribution in [2.45, 2.75) is 66.5 Å². The van der Waals surface area contributed by atoms with Crippen LogP contribution in [0.5, 0.6) is 0 Å². The SMILES string of the molecule is CCc1cc[c-]([SiH2]C)c1CC.CCc1cc[c-]([SiH2]C)c1CC.[Co+2]. The van der Waals surface area contributed by atoms with Crippen molar-refractivity contribution in [3.8, 4) is 0 Å². The summed E-state index contributed by atoms with van der Waals surface area (Å²) in [6.45, 7) is 13.8. The molecule has 2 aromatic rings. The van der Waals surface area contributed by atoms with Crippen molar-refractivity contribution in [3.05, 3.63) is 46.5 Å². The van der Waals surface area contributed by atoms with Gasteiger partial charge in [-0.2, -0.15) is 44.8 Å². The molecule has 0 saturated carbocycles. The van der Waals surface area contributed by atoms with Crippen molar-refractivity contribution in [1.29, 1.82) is 0 Å². The number of aryl methyl sites for hydroxylation is 2. The zero-order chi connectivity index (χ0) is 16.5. The molecule has 3 heteroatoms. The molecule has 0 atom stereocenters. The normalized spacial score (nSPS) is 11.0. The Morgan fingerprint density at radius 1 is 0.696 bits per heavy atom. The minimum Gasteiger partial charge on any atom is -0.210 e. The Balaban J connectivity index is 0.000000403. The predicted octanol–water partition coefficient (Wildman–Crippen LogP) is 2.74. The molecule has 2 rings (SSSR count). The molecule has 0 nitrogen and oxygen atoms in total. The van der Waals surface area contributed by atoms with E-state index >= 15 is 0 Å². The van der Waals surface area contributed by atoms with E-state index < -0.39 is 0 Å². The molecule has 0 aliphatic rings. The van der Waals surface area contributed by atoms with Crippen LogP contribution in [0, 0.1) is 0 Å². The third-order valence-corrected chi connectivity index (χ3v) is 7.60. The van der Waals surface area contributed by atoms with Crippen LogP contribution < -0.4 is 10.4 Å². The van der Waals surface area contributed by atoms with Gasteiger partial charge in [-0.3, -0.25) is 0 Å². The minimum atomic E-state index is 0. The second-order valence-electron chi connectivity index (χ2n) is 5.85. The molecule has 1 radical (unpaired) electrons. The van der Waals surface area contributed by atoms with Crippen molar-refractivity contribution < 1.29 is 16.8 Å². The first-order valence-electron chi connectivity index (χ1n) is 9.19. The van der Waals surface area contributed by atoms with E-state index in [0.29, 0.717) is 0 Å². The van der Waals surface area contributed by atoms with Crippen molar-refractivity contribution in [3.63, 3.8) is 0 Å². The largest absolute Gasteiger partial charge is 2.00 e. The number of hydrogen-bond donors (Lipinski definition) is 0. The summed E-state index contributed by atoms with van der Waals surface area (Å²) in [4.78, 5) is 0. The fourth-order valence-corrected chi connectivity index (χ4v) is 5.97. The molecule has 0 saturated heterocycles. The Labute approximate surface area is 159 Å². The smallest absolute Gasteiger partial charge is 0.210 e. The topological polar surface area (TPSA) is 0 Å². The number of hydrogen-bond acceptors (Lipinski definition) is 0. The van der Waals surface area contributed by atoms with E-state index in [2.05, 4.69) is 65.1 Å². The third kappa shape index (κ3) is 5.89. The van der Waals surface area contributed by atoms with Crippen LogP contribution in [0.2, 0.25) is 13.1 Å². The van der Waals surface area contributed by atoms with Crippen LogP contribution in [0.4, 0.5) is 0 Å². The molecule has 0 heterocycles. The van der Waals surface area contributed by atoms with Crippen LogP contribution in [0.25, 0.3) is 0 Å². The zero-order valence-electron chi connectivity index (χ0n) is 15.9. The molecule has 0 aliphatic carbocycles. The van der Waals surface area contributed by atoms with Gasteiger partial charge in [0.2, 0.25) is 0 Å². The van der Waals surface area contributed by atoms with Crippen molar-refractivity contribution in [1.82, 2.24) is 0 Å². The average molecular weight is 390 g/mol. The molecule has 0 N–H and O–H groups in total. The van der Waals surface area contributed by atoms with Gasteiger partial charge in [0.1, 0.15) is 0 Å². The van der Waals surface area contributed by atoms with E-state index in [-0.39, 0.29) is 35.8 Å². The summed E-state index contributed by atoms with van der Waals surface area (Å²) in [5.41, 5.74) is 6.47. The van der Waals surface area contributed by atoms with Crippen molar-refractivity contribution in [2.24, 2.45) is 0 Å². The van der Waals surface area contributed by atoms with Gasteiger partial charge in [-0.1, -0.05) is 66.5 Å². The molecule has 0 spiro atoms. The first-order chi connectivity index (χ1) is 10.7. The van der Waals surface area contributed by atoms with E-state index in [4.69, 9.17) is 0 Å². The fourth-order valence-electron chi connectivity index (χ4n) is 3.45. The van der Waals surface area contributed by atoms with Crippen LogP contribution in [0.15, 0.2) is 24.3 Å². The summed E-state index contributed by atoms with van der Waals surface area (Å²) >= 11 is 0. The molecule has 0 aromatic heterocycles. The number of rotatable bonds is 6. The predicted molar refractivity (Wildman–Crippen MR) is 110 cm³/mol. The summed E-state index contributed by atoms with van der Waals surface area (Å²) in [7, 11) is 0.126. The van der Waals surface area contributed by atoms with Gasteiger partial charge >= 0.3 is 16.8 Å². The molecule has 0 unspecified atom stereocenters. The quantitative estimate of drug-likeness (QED) is 0.526. The summed E-state index contributed by atoms with van der Waals surface area (Å²) in [5.74, 6) is 0. The van der Waals surface area contributed by atoms with E-state index in [1.165, 1.54) is 25.7 Å². The maximum absolute atomic E-state index is 2.37. The summed E-state index contributed by atoms with van der Waals surface area (Å²) in [5, 5.41) is 3.37. The molecule has 0 aliphatic heterocycles. The van der Waals surface area contributed by atoms with Crippen LogP contribution in [0.1, 0.15) is 49.9 Å². The van der Waals surface area contributed by atoms with E-state index in [9.17, 15) is 0 Å². The first-order valence-corrected chi connectivity index (χ1v) is 13.4. The zero-order valence-corrected chi connectivity index (χ0v) is 19.8. The van der Waals surface area contributed by atoms with E-state index in [0.717, 1.165) is 0 Å². The van der Waals surface area contributed by atoms with Crippen molar-refractivity contribution in [2.75, 3.05) is 0 Å². The summed E-state index contributed by atoms with van der Waals surface area (Å²) in [6.07, 6.45) is 4.87. The Morgan fingerprint density at radius 3 is 1.26 bits per heavy atom. The van der Waals surface area contributed by atoms with Gasteiger partial charge in [-0.25, -0.2) is 12.1 Å². The third-order valence-electron chi connectivity index (χ3n) is 4.75. The monoisotopic (exact) mass is 389 g/mol. The molecule has 0 fully saturated rings. The van der Waals surface area contributed by atoms with Gasteiger partial charge in [0.05, 0.1) is 0 Å². The van der Waals surface area contributed by atoms with E-state index in [1.807, 2.05) is 0 Å². The first kappa shape index (κ1) is 22.6. The van der Waals surface area contributed by atoms with Crippen LogP contribution in [-0.4, -0.2) is 19.0 Å². The average Bonchev–Trinajstić information content (AvgIpc) is 3.16. The molecule has 0 bridgehead atoms. The summed E-state index contributed by atoms with van der Waals surface area (Å²) < 4.78 is 0. The molecule has 23 heavy (non-hydrogen) atoms. The van der Waals surface area contributed by atoms with Gasteiger partial charge in [-0.15, -0.1) is 0 Å². The second kappa shape index (κ2) is 12.1. The Morgan fingerprint density at radius 2 is 1.04 bits per heavy atom. The Kier molecular flexibility index (Phi) is 11.9. The standard InChI is InChI=1S/2C10H17Si.Co/c2*1-4-8-6-7-10(11-3)9(8)5-2;/h2*6-7H,4-5,11H2,1-3H3;/q2*-1;+2. The Bertz CT molecular complexity index is 459. The van der Waals surface area contributed by atoms with Crippen LogP contribution >= 0.6 is 0 Å². The van der Waals surface area contributed by atoms with Crippen molar-refractivity contribution >= 4 is 29.4 Å². The van der Waals surface area contributed by atoms with Crippen LogP contribution in [-0.2, 0) is 42.5 Å². The second-order valence-corrected chi connectivity index (χ2v) is 8.78. The fraction of sp³-hybridized carbons (Fsp3) is 0.500. The van der Waals surface area contributed by atoms with Gasteiger partial charge < -0.3 is 0 Å².